The minimum Gasteiger partial charge on any atom is -0.508 e. The van der Waals surface area contributed by atoms with Crippen molar-refractivity contribution in [1.82, 2.24) is 9.80 Å². The van der Waals surface area contributed by atoms with Gasteiger partial charge in [0, 0.05) is 18.7 Å². The predicted molar refractivity (Wildman–Crippen MR) is 147 cm³/mol. The molecule has 1 atom stereocenters. The number of ether oxygens (including phenoxy) is 1. The van der Waals surface area contributed by atoms with Gasteiger partial charge in [-0.3, -0.25) is 9.59 Å². The topological polar surface area (TPSA) is 90.3 Å². The van der Waals surface area contributed by atoms with E-state index in [0.717, 1.165) is 24.2 Å². The lowest BCUT2D eigenvalue weighted by atomic mass is 9.95. The molecule has 0 spiro atoms. The van der Waals surface area contributed by atoms with Crippen molar-refractivity contribution in [3.8, 4) is 11.5 Å². The van der Waals surface area contributed by atoms with Crippen molar-refractivity contribution in [1.29, 1.82) is 0 Å². The fourth-order valence-electron chi connectivity index (χ4n) is 4.70. The minimum atomic E-state index is -0.761. The smallest absolute Gasteiger partial charge is 0.295 e. The van der Waals surface area contributed by atoms with Gasteiger partial charge in [0.2, 0.25) is 0 Å². The maximum atomic E-state index is 13.2. The van der Waals surface area contributed by atoms with Crippen molar-refractivity contribution in [2.75, 3.05) is 26.2 Å². The van der Waals surface area contributed by atoms with Crippen molar-refractivity contribution in [2.45, 2.75) is 33.4 Å². The third-order valence-corrected chi connectivity index (χ3v) is 7.08. The normalized spacial score (nSPS) is 16.8. The lowest BCUT2D eigenvalue weighted by Crippen LogP contribution is -2.38. The number of aliphatic hydroxyl groups excluding tert-OH is 1. The van der Waals surface area contributed by atoms with Crippen LogP contribution in [0.15, 0.2) is 78.4 Å². The third-order valence-electron chi connectivity index (χ3n) is 7.08. The highest BCUT2D eigenvalue weighted by Gasteiger charge is 2.45. The molecule has 1 fully saturated rings. The van der Waals surface area contributed by atoms with Crippen LogP contribution >= 0.6 is 0 Å². The molecule has 0 aliphatic carbocycles. The molecule has 3 aromatic carbocycles. The summed E-state index contributed by atoms with van der Waals surface area (Å²) in [4.78, 5) is 30.0. The first kappa shape index (κ1) is 26.9. The van der Waals surface area contributed by atoms with E-state index in [9.17, 15) is 19.8 Å². The molecule has 1 amide bonds. The molecular weight excluding hydrogens is 480 g/mol. The van der Waals surface area contributed by atoms with Gasteiger partial charge >= 0.3 is 0 Å². The standard InChI is InChI=1S/C31H34N2O5/c1-4-32(5-2)18-19-33-28(22-10-14-25(34)15-11-22)27(30(36)31(33)37)29(35)23-12-16-26(17-13-23)38-20-24-9-7-6-8-21(24)3/h6-17,28,34-35H,4-5,18-20H2,1-3H3. The van der Waals surface area contributed by atoms with Gasteiger partial charge in [-0.1, -0.05) is 50.2 Å². The molecule has 0 aromatic heterocycles. The summed E-state index contributed by atoms with van der Waals surface area (Å²) in [6, 6.07) is 20.4. The quantitative estimate of drug-likeness (QED) is 0.224. The van der Waals surface area contributed by atoms with Crippen LogP contribution in [-0.4, -0.2) is 57.9 Å². The van der Waals surface area contributed by atoms with Gasteiger partial charge < -0.3 is 24.7 Å². The van der Waals surface area contributed by atoms with Crippen LogP contribution in [0.25, 0.3) is 5.76 Å². The van der Waals surface area contributed by atoms with Crippen molar-refractivity contribution in [3.63, 3.8) is 0 Å². The van der Waals surface area contributed by atoms with Crippen LogP contribution in [0, 0.1) is 6.92 Å². The van der Waals surface area contributed by atoms with Gasteiger partial charge in [-0.05, 0) is 73.1 Å². The second kappa shape index (κ2) is 12.0. The minimum absolute atomic E-state index is 0.0359. The lowest BCUT2D eigenvalue weighted by Gasteiger charge is -2.28. The maximum Gasteiger partial charge on any atom is 0.295 e. The summed E-state index contributed by atoms with van der Waals surface area (Å²) < 4.78 is 5.91. The van der Waals surface area contributed by atoms with Crippen molar-refractivity contribution < 1.29 is 24.5 Å². The Morgan fingerprint density at radius 2 is 1.61 bits per heavy atom. The number of ketones is 1. The first-order valence-electron chi connectivity index (χ1n) is 12.9. The van der Waals surface area contributed by atoms with E-state index in [1.807, 2.05) is 45.0 Å². The summed E-state index contributed by atoms with van der Waals surface area (Å²) in [7, 11) is 0. The second-order valence-electron chi connectivity index (χ2n) is 9.35. The predicted octanol–water partition coefficient (Wildman–Crippen LogP) is 5.04. The number of aryl methyl sites for hydroxylation is 1. The molecule has 1 aliphatic heterocycles. The van der Waals surface area contributed by atoms with E-state index in [1.165, 1.54) is 17.0 Å². The average molecular weight is 515 g/mol. The molecule has 0 bridgehead atoms. The van der Waals surface area contributed by atoms with Crippen LogP contribution in [0.1, 0.15) is 42.1 Å². The number of phenols is 1. The number of rotatable bonds is 10. The number of aliphatic hydroxyl groups is 1. The van der Waals surface area contributed by atoms with Gasteiger partial charge in [0.05, 0.1) is 11.6 Å². The van der Waals surface area contributed by atoms with E-state index >= 15 is 0 Å². The first-order chi connectivity index (χ1) is 18.3. The highest BCUT2D eigenvalue weighted by atomic mass is 16.5. The van der Waals surface area contributed by atoms with E-state index in [1.54, 1.807) is 36.4 Å². The van der Waals surface area contributed by atoms with E-state index in [4.69, 9.17) is 4.74 Å². The highest BCUT2D eigenvalue weighted by molar-refractivity contribution is 6.46. The van der Waals surface area contributed by atoms with Gasteiger partial charge in [-0.15, -0.1) is 0 Å². The van der Waals surface area contributed by atoms with Crippen molar-refractivity contribution >= 4 is 17.4 Å². The van der Waals surface area contributed by atoms with Gasteiger partial charge in [-0.25, -0.2) is 0 Å². The van der Waals surface area contributed by atoms with Gasteiger partial charge in [0.15, 0.2) is 0 Å². The molecule has 1 saturated heterocycles. The second-order valence-corrected chi connectivity index (χ2v) is 9.35. The number of aromatic hydroxyl groups is 1. The van der Waals surface area contributed by atoms with Crippen molar-refractivity contribution in [3.05, 3.63) is 101 Å². The molecule has 198 valence electrons. The number of carbonyl (C=O) groups excluding carboxylic acids is 2. The summed E-state index contributed by atoms with van der Waals surface area (Å²) in [6.45, 7) is 9.11. The van der Waals surface area contributed by atoms with Crippen LogP contribution in [0.2, 0.25) is 0 Å². The number of hydrogen-bond acceptors (Lipinski definition) is 6. The monoisotopic (exact) mass is 514 g/mol. The molecule has 1 heterocycles. The van der Waals surface area contributed by atoms with E-state index in [-0.39, 0.29) is 17.1 Å². The molecular formula is C31H34N2O5. The summed E-state index contributed by atoms with van der Waals surface area (Å²) >= 11 is 0. The zero-order valence-electron chi connectivity index (χ0n) is 22.1. The number of Topliss-reactive ketones (excluding diaryl/α,β-unsaturated/α-hetero) is 1. The van der Waals surface area contributed by atoms with Crippen LogP contribution in [0.4, 0.5) is 0 Å². The molecule has 1 aliphatic rings. The first-order valence-corrected chi connectivity index (χ1v) is 12.9. The Labute approximate surface area is 223 Å². The molecule has 0 saturated carbocycles. The highest BCUT2D eigenvalue weighted by Crippen LogP contribution is 2.39. The number of likely N-dealkylation sites (tertiary alicyclic amines) is 1. The van der Waals surface area contributed by atoms with E-state index in [2.05, 4.69) is 4.90 Å². The zero-order valence-corrected chi connectivity index (χ0v) is 22.1. The Kier molecular flexibility index (Phi) is 8.48. The Morgan fingerprint density at radius 3 is 2.24 bits per heavy atom. The molecule has 7 heteroatoms. The van der Waals surface area contributed by atoms with E-state index < -0.39 is 17.7 Å². The summed E-state index contributed by atoms with van der Waals surface area (Å²) in [5, 5.41) is 21.1. The molecule has 2 N–H and O–H groups in total. The van der Waals surface area contributed by atoms with Crippen LogP contribution < -0.4 is 4.74 Å². The number of phenolic OH excluding ortho intramolecular Hbond substituents is 1. The number of amides is 1. The largest absolute Gasteiger partial charge is 0.508 e. The number of likely N-dealkylation sites (N-methyl/N-ethyl adjacent to an activating group) is 1. The summed E-state index contributed by atoms with van der Waals surface area (Å²) in [5.41, 5.74) is 3.31. The summed E-state index contributed by atoms with van der Waals surface area (Å²) in [6.07, 6.45) is 0. The fraction of sp³-hybridized carbons (Fsp3) is 0.290. The molecule has 1 unspecified atom stereocenters. The Bertz CT molecular complexity index is 1310. The fourth-order valence-corrected chi connectivity index (χ4v) is 4.70. The van der Waals surface area contributed by atoms with Gasteiger partial charge in [-0.2, -0.15) is 0 Å². The number of hydrogen-bond donors (Lipinski definition) is 2. The van der Waals surface area contributed by atoms with E-state index in [0.29, 0.717) is 36.6 Å². The van der Waals surface area contributed by atoms with Crippen molar-refractivity contribution in [2.24, 2.45) is 0 Å². The number of nitrogens with zero attached hydrogens (tertiary/aromatic N) is 2. The molecule has 0 radical (unpaired) electrons. The maximum absolute atomic E-state index is 13.2. The van der Waals surface area contributed by atoms with Gasteiger partial charge in [0.1, 0.15) is 23.9 Å². The molecule has 3 aromatic rings. The lowest BCUT2D eigenvalue weighted by molar-refractivity contribution is -0.140. The van der Waals surface area contributed by atoms with Crippen LogP contribution in [-0.2, 0) is 16.2 Å². The Hall–Kier alpha value is -4.10. The van der Waals surface area contributed by atoms with Gasteiger partial charge in [0.25, 0.3) is 11.7 Å². The average Bonchev–Trinajstić information content (AvgIpc) is 3.18. The molecule has 38 heavy (non-hydrogen) atoms. The Balaban J connectivity index is 1.64. The zero-order chi connectivity index (χ0) is 27.2. The van der Waals surface area contributed by atoms with Crippen LogP contribution in [0.3, 0.4) is 0 Å². The molecule has 7 nitrogen and oxygen atoms in total. The Morgan fingerprint density at radius 1 is 0.947 bits per heavy atom. The third kappa shape index (κ3) is 5.73. The van der Waals surface area contributed by atoms with Crippen LogP contribution in [0.5, 0.6) is 11.5 Å². The summed E-state index contributed by atoms with van der Waals surface area (Å²) in [5.74, 6) is -0.901. The number of benzene rings is 3. The molecule has 4 rings (SSSR count). The SMILES string of the molecule is CCN(CC)CCN1C(=O)C(=O)C(=C(O)c2ccc(OCc3ccccc3C)cc2)C1c1ccc(O)cc1. The number of carbonyl (C=O) groups is 2.